The van der Waals surface area contributed by atoms with Crippen molar-refractivity contribution in [2.24, 2.45) is 5.92 Å². The number of non-ortho nitro benzene ring substituents is 1. The molecule has 0 saturated carbocycles. The molecule has 0 amide bonds. The van der Waals surface area contributed by atoms with E-state index in [-0.39, 0.29) is 5.69 Å². The average Bonchev–Trinajstić information content (AvgIpc) is 2.53. The first-order valence-corrected chi connectivity index (χ1v) is 7.75. The average molecular weight is 318 g/mol. The van der Waals surface area contributed by atoms with Gasteiger partial charge in [-0.25, -0.2) is 4.79 Å². The second-order valence-corrected chi connectivity index (χ2v) is 6.23. The van der Waals surface area contributed by atoms with Crippen LogP contribution >= 0.6 is 0 Å². The van der Waals surface area contributed by atoms with Crippen LogP contribution in [0.3, 0.4) is 0 Å². The Hall–Kier alpha value is -2.21. The number of nitro benzene ring substituents is 1. The normalized spacial score (nSPS) is 16.4. The molecule has 0 unspecified atom stereocenters. The number of nitrogens with zero attached hydrogens (tertiary/aromatic N) is 1. The van der Waals surface area contributed by atoms with Gasteiger partial charge in [-0.15, -0.1) is 0 Å². The number of carbonyl (C=O) groups is 1. The minimum Gasteiger partial charge on any atom is -0.456 e. The van der Waals surface area contributed by atoms with Crippen molar-refractivity contribution in [1.82, 2.24) is 5.32 Å². The van der Waals surface area contributed by atoms with E-state index in [4.69, 9.17) is 4.74 Å². The number of ether oxygens (including phenoxy) is 1. The predicted molar refractivity (Wildman–Crippen MR) is 87.9 cm³/mol. The molecule has 6 heteroatoms. The standard InChI is InChI=1S/C17H22N2O4/c1-17(2,14-8-10-18-11-9-14)23-16(20)7-6-13-4-3-5-15(12-13)19(21)22/h3-7,12,14,18H,8-11H2,1-2H3/b7-6+. The lowest BCUT2D eigenvalue weighted by Crippen LogP contribution is -2.42. The Morgan fingerprint density at radius 1 is 1.39 bits per heavy atom. The Morgan fingerprint density at radius 2 is 2.09 bits per heavy atom. The van der Waals surface area contributed by atoms with Crippen LogP contribution in [0.25, 0.3) is 6.08 Å². The molecule has 1 aliphatic heterocycles. The number of piperidine rings is 1. The van der Waals surface area contributed by atoms with Gasteiger partial charge in [-0.3, -0.25) is 10.1 Å². The molecule has 0 aromatic heterocycles. The zero-order valence-corrected chi connectivity index (χ0v) is 13.5. The summed E-state index contributed by atoms with van der Waals surface area (Å²) in [6.45, 7) is 5.74. The van der Waals surface area contributed by atoms with Crippen molar-refractivity contribution >= 4 is 17.7 Å². The number of esters is 1. The number of hydrogen-bond acceptors (Lipinski definition) is 5. The van der Waals surface area contributed by atoms with Crippen molar-refractivity contribution in [3.63, 3.8) is 0 Å². The lowest BCUT2D eigenvalue weighted by Gasteiger charge is -2.36. The van der Waals surface area contributed by atoms with Gasteiger partial charge < -0.3 is 10.1 Å². The third kappa shape index (κ3) is 4.89. The molecule has 1 heterocycles. The summed E-state index contributed by atoms with van der Waals surface area (Å²) < 4.78 is 5.59. The molecule has 0 spiro atoms. The highest BCUT2D eigenvalue weighted by Gasteiger charge is 2.33. The van der Waals surface area contributed by atoms with Crippen LogP contribution in [0.15, 0.2) is 30.3 Å². The van der Waals surface area contributed by atoms with Crippen molar-refractivity contribution in [3.8, 4) is 0 Å². The quantitative estimate of drug-likeness (QED) is 0.391. The summed E-state index contributed by atoms with van der Waals surface area (Å²) in [5.41, 5.74) is 0.0676. The van der Waals surface area contributed by atoms with E-state index in [1.807, 2.05) is 13.8 Å². The maximum absolute atomic E-state index is 12.0. The number of hydrogen-bond donors (Lipinski definition) is 1. The molecule has 0 aliphatic carbocycles. The summed E-state index contributed by atoms with van der Waals surface area (Å²) in [7, 11) is 0. The molecule has 1 fully saturated rings. The summed E-state index contributed by atoms with van der Waals surface area (Å²) in [5.74, 6) is -0.0982. The van der Waals surface area contributed by atoms with E-state index in [0.29, 0.717) is 11.5 Å². The van der Waals surface area contributed by atoms with Gasteiger partial charge >= 0.3 is 5.97 Å². The van der Waals surface area contributed by atoms with Crippen LogP contribution in [0.5, 0.6) is 0 Å². The first kappa shape index (κ1) is 17.1. The van der Waals surface area contributed by atoms with Crippen molar-refractivity contribution in [2.45, 2.75) is 32.3 Å². The third-order valence-corrected chi connectivity index (χ3v) is 4.18. The van der Waals surface area contributed by atoms with E-state index in [1.54, 1.807) is 12.1 Å². The van der Waals surface area contributed by atoms with Crippen LogP contribution in [-0.2, 0) is 9.53 Å². The Bertz CT molecular complexity index is 604. The molecule has 23 heavy (non-hydrogen) atoms. The smallest absolute Gasteiger partial charge is 0.331 e. The van der Waals surface area contributed by atoms with Crippen molar-refractivity contribution < 1.29 is 14.5 Å². The lowest BCUT2D eigenvalue weighted by molar-refractivity contribution is -0.384. The van der Waals surface area contributed by atoms with Crippen molar-refractivity contribution in [1.29, 1.82) is 0 Å². The van der Waals surface area contributed by atoms with Gasteiger partial charge in [-0.1, -0.05) is 12.1 Å². The van der Waals surface area contributed by atoms with Crippen molar-refractivity contribution in [3.05, 3.63) is 46.0 Å². The fourth-order valence-corrected chi connectivity index (χ4v) is 2.80. The summed E-state index contributed by atoms with van der Waals surface area (Å²) in [5, 5.41) is 14.0. The molecule has 0 atom stereocenters. The first-order chi connectivity index (χ1) is 10.9. The molecule has 6 nitrogen and oxygen atoms in total. The highest BCUT2D eigenvalue weighted by molar-refractivity contribution is 5.87. The lowest BCUT2D eigenvalue weighted by atomic mass is 9.83. The fraction of sp³-hybridized carbons (Fsp3) is 0.471. The molecule has 1 aromatic rings. The minimum atomic E-state index is -0.522. The van der Waals surface area contributed by atoms with E-state index in [2.05, 4.69) is 5.32 Å². The van der Waals surface area contributed by atoms with Crippen LogP contribution in [0.2, 0.25) is 0 Å². The SMILES string of the molecule is CC(C)(OC(=O)/C=C/c1cccc([N+](=O)[O-])c1)C1CCNCC1. The van der Waals surface area contributed by atoms with Gasteiger partial charge in [0.1, 0.15) is 5.60 Å². The van der Waals surface area contributed by atoms with Gasteiger partial charge in [0.2, 0.25) is 0 Å². The molecule has 1 aromatic carbocycles. The monoisotopic (exact) mass is 318 g/mol. The molecular formula is C17H22N2O4. The van der Waals surface area contributed by atoms with E-state index < -0.39 is 16.5 Å². The summed E-state index contributed by atoms with van der Waals surface area (Å²) in [6.07, 6.45) is 4.82. The topological polar surface area (TPSA) is 81.5 Å². The third-order valence-electron chi connectivity index (χ3n) is 4.18. The molecule has 0 bridgehead atoms. The van der Waals surface area contributed by atoms with Gasteiger partial charge in [-0.05, 0) is 51.4 Å². The Labute approximate surface area is 135 Å². The van der Waals surface area contributed by atoms with Crippen LogP contribution in [-0.4, -0.2) is 29.6 Å². The second-order valence-electron chi connectivity index (χ2n) is 6.23. The predicted octanol–water partition coefficient (Wildman–Crippen LogP) is 2.93. The molecule has 124 valence electrons. The highest BCUT2D eigenvalue weighted by atomic mass is 16.6. The molecular weight excluding hydrogens is 296 g/mol. The number of nitro groups is 1. The van der Waals surface area contributed by atoms with Gasteiger partial charge in [0, 0.05) is 24.1 Å². The number of carbonyl (C=O) groups excluding carboxylic acids is 1. The molecule has 1 aliphatic rings. The number of benzene rings is 1. The van der Waals surface area contributed by atoms with Crippen molar-refractivity contribution in [2.75, 3.05) is 13.1 Å². The summed E-state index contributed by atoms with van der Waals surface area (Å²) in [6, 6.07) is 6.12. The van der Waals surface area contributed by atoms with E-state index in [0.717, 1.165) is 25.9 Å². The molecule has 1 saturated heterocycles. The maximum Gasteiger partial charge on any atom is 0.331 e. The second kappa shape index (κ2) is 7.37. The van der Waals surface area contributed by atoms with Gasteiger partial charge in [0.15, 0.2) is 0 Å². The molecule has 2 rings (SSSR count). The van der Waals surface area contributed by atoms with Crippen LogP contribution in [0.4, 0.5) is 5.69 Å². The Balaban J connectivity index is 1.98. The van der Waals surface area contributed by atoms with Gasteiger partial charge in [0.25, 0.3) is 5.69 Å². The zero-order valence-electron chi connectivity index (χ0n) is 13.5. The first-order valence-electron chi connectivity index (χ1n) is 7.75. The Morgan fingerprint density at radius 3 is 2.74 bits per heavy atom. The van der Waals surface area contributed by atoms with Crippen LogP contribution in [0, 0.1) is 16.0 Å². The number of rotatable bonds is 5. The van der Waals surface area contributed by atoms with E-state index >= 15 is 0 Å². The van der Waals surface area contributed by atoms with Gasteiger partial charge in [0.05, 0.1) is 4.92 Å². The summed E-state index contributed by atoms with van der Waals surface area (Å²) in [4.78, 5) is 22.3. The number of nitrogens with one attached hydrogen (secondary N) is 1. The highest BCUT2D eigenvalue weighted by Crippen LogP contribution is 2.29. The Kier molecular flexibility index (Phi) is 5.50. The summed E-state index contributed by atoms with van der Waals surface area (Å²) >= 11 is 0. The molecule has 1 N–H and O–H groups in total. The van der Waals surface area contributed by atoms with Crippen LogP contribution < -0.4 is 5.32 Å². The zero-order chi connectivity index (χ0) is 16.9. The largest absolute Gasteiger partial charge is 0.456 e. The van der Waals surface area contributed by atoms with Crippen LogP contribution in [0.1, 0.15) is 32.3 Å². The van der Waals surface area contributed by atoms with E-state index in [1.165, 1.54) is 24.3 Å². The minimum absolute atomic E-state index is 0.00412. The fourth-order valence-electron chi connectivity index (χ4n) is 2.80. The van der Waals surface area contributed by atoms with E-state index in [9.17, 15) is 14.9 Å². The van der Waals surface area contributed by atoms with Gasteiger partial charge in [-0.2, -0.15) is 0 Å². The maximum atomic E-state index is 12.0. The molecule has 0 radical (unpaired) electrons.